The van der Waals surface area contributed by atoms with Crippen molar-refractivity contribution in [2.45, 2.75) is 45.1 Å². The quantitative estimate of drug-likeness (QED) is 0.746. The van der Waals surface area contributed by atoms with Crippen molar-refractivity contribution >= 4 is 28.3 Å². The number of methoxy groups -OCH3 is 2. The first-order valence-electron chi connectivity index (χ1n) is 6.72. The van der Waals surface area contributed by atoms with Crippen LogP contribution in [0, 0.1) is 0 Å². The van der Waals surface area contributed by atoms with Crippen LogP contribution in [-0.4, -0.2) is 36.7 Å². The Kier molecular flexibility index (Phi) is 6.77. The topological polar surface area (TPSA) is 77.5 Å². The minimum Gasteiger partial charge on any atom is -0.469 e. The summed E-state index contributed by atoms with van der Waals surface area (Å²) in [7, 11) is 2.95. The lowest BCUT2D eigenvalue weighted by atomic mass is 10.1. The number of hydrogen-bond donors (Lipinski definition) is 1. The molecule has 1 amide bonds. The number of aryl methyl sites for hydroxylation is 1. The van der Waals surface area contributed by atoms with Crippen LogP contribution in [0.3, 0.4) is 0 Å². The number of carbonyl (C=O) groups excluding carboxylic acids is 2. The number of aromatic nitrogens is 1. The molecule has 21 heavy (non-hydrogen) atoms. The summed E-state index contributed by atoms with van der Waals surface area (Å²) in [4.78, 5) is 27.2. The Morgan fingerprint density at radius 2 is 2.10 bits per heavy atom. The predicted molar refractivity (Wildman–Crippen MR) is 81.4 cm³/mol. The minimum atomic E-state index is -0.495. The van der Waals surface area contributed by atoms with E-state index in [-0.39, 0.29) is 18.3 Å². The fourth-order valence-corrected chi connectivity index (χ4v) is 2.38. The van der Waals surface area contributed by atoms with Crippen molar-refractivity contribution in [1.29, 1.82) is 0 Å². The van der Waals surface area contributed by atoms with Crippen LogP contribution in [0.15, 0.2) is 5.38 Å². The van der Waals surface area contributed by atoms with E-state index < -0.39 is 5.60 Å². The molecule has 0 aliphatic heterocycles. The van der Waals surface area contributed by atoms with Crippen molar-refractivity contribution in [3.05, 3.63) is 11.1 Å². The van der Waals surface area contributed by atoms with Crippen molar-refractivity contribution in [1.82, 2.24) is 4.98 Å². The molecule has 0 fully saturated rings. The molecular weight excluding hydrogens is 292 g/mol. The molecule has 6 nitrogen and oxygen atoms in total. The van der Waals surface area contributed by atoms with Gasteiger partial charge in [0.25, 0.3) is 0 Å². The number of nitrogens with one attached hydrogen (secondary N) is 1. The lowest BCUT2D eigenvalue weighted by Crippen LogP contribution is -2.29. The fraction of sp³-hybridized carbons (Fsp3) is 0.643. The molecule has 0 saturated carbocycles. The van der Waals surface area contributed by atoms with Crippen molar-refractivity contribution < 1.29 is 19.1 Å². The van der Waals surface area contributed by atoms with Crippen LogP contribution in [0.4, 0.5) is 5.13 Å². The maximum Gasteiger partial charge on any atom is 0.305 e. The summed E-state index contributed by atoms with van der Waals surface area (Å²) in [5.74, 6) is -0.349. The molecule has 0 unspecified atom stereocenters. The van der Waals surface area contributed by atoms with E-state index in [4.69, 9.17) is 4.74 Å². The predicted octanol–water partition coefficient (Wildman–Crippen LogP) is 2.39. The number of carbonyl (C=O) groups is 2. The molecule has 1 N–H and O–H groups in total. The van der Waals surface area contributed by atoms with Crippen LogP contribution < -0.4 is 5.32 Å². The van der Waals surface area contributed by atoms with Gasteiger partial charge in [0.2, 0.25) is 5.91 Å². The smallest absolute Gasteiger partial charge is 0.305 e. The zero-order valence-electron chi connectivity index (χ0n) is 12.9. The van der Waals surface area contributed by atoms with Crippen LogP contribution in [0.1, 0.15) is 38.8 Å². The summed E-state index contributed by atoms with van der Waals surface area (Å²) >= 11 is 1.38. The molecule has 0 bridgehead atoms. The van der Waals surface area contributed by atoms with Crippen molar-refractivity contribution in [3.8, 4) is 0 Å². The Labute approximate surface area is 128 Å². The lowest BCUT2D eigenvalue weighted by molar-refractivity contribution is -0.140. The minimum absolute atomic E-state index is 0.127. The zero-order valence-corrected chi connectivity index (χ0v) is 13.7. The van der Waals surface area contributed by atoms with Gasteiger partial charge in [0.1, 0.15) is 0 Å². The Balaban J connectivity index is 2.41. The van der Waals surface area contributed by atoms with Gasteiger partial charge in [-0.3, -0.25) is 9.59 Å². The number of rotatable bonds is 8. The van der Waals surface area contributed by atoms with E-state index in [1.807, 2.05) is 19.2 Å². The molecule has 0 aliphatic carbocycles. The standard InChI is InChI=1S/C14H22N2O4S/c1-14(2,20-4)8-11(17)16-13-15-10(9-21-13)6-5-7-12(18)19-3/h9H,5-8H2,1-4H3,(H,15,16,17). The van der Waals surface area contributed by atoms with E-state index in [1.165, 1.54) is 18.4 Å². The van der Waals surface area contributed by atoms with E-state index in [9.17, 15) is 9.59 Å². The van der Waals surface area contributed by atoms with Crippen LogP contribution >= 0.6 is 11.3 Å². The first-order valence-corrected chi connectivity index (χ1v) is 7.60. The average molecular weight is 314 g/mol. The second-order valence-electron chi connectivity index (χ2n) is 5.26. The Morgan fingerprint density at radius 3 is 2.71 bits per heavy atom. The normalized spacial score (nSPS) is 11.2. The number of hydrogen-bond acceptors (Lipinski definition) is 6. The van der Waals surface area contributed by atoms with Crippen molar-refractivity contribution in [2.24, 2.45) is 0 Å². The summed E-state index contributed by atoms with van der Waals surface area (Å²) in [6, 6.07) is 0. The molecular formula is C14H22N2O4S. The molecule has 0 aromatic carbocycles. The average Bonchev–Trinajstić information content (AvgIpc) is 2.85. The van der Waals surface area contributed by atoms with Gasteiger partial charge in [-0.1, -0.05) is 0 Å². The third kappa shape index (κ3) is 6.68. The van der Waals surface area contributed by atoms with E-state index in [0.29, 0.717) is 24.4 Å². The Hall–Kier alpha value is -1.47. The molecule has 0 spiro atoms. The van der Waals surface area contributed by atoms with Crippen LogP contribution in [-0.2, 0) is 25.5 Å². The summed E-state index contributed by atoms with van der Waals surface area (Å²) in [5.41, 5.74) is 0.371. The van der Waals surface area contributed by atoms with Crippen molar-refractivity contribution in [2.75, 3.05) is 19.5 Å². The molecule has 1 rings (SSSR count). The highest BCUT2D eigenvalue weighted by atomic mass is 32.1. The second kappa shape index (κ2) is 8.09. The number of ether oxygens (including phenoxy) is 2. The Morgan fingerprint density at radius 1 is 1.38 bits per heavy atom. The van der Waals surface area contributed by atoms with Gasteiger partial charge in [-0.15, -0.1) is 11.3 Å². The van der Waals surface area contributed by atoms with Gasteiger partial charge in [-0.05, 0) is 26.7 Å². The number of amides is 1. The molecule has 118 valence electrons. The van der Waals surface area contributed by atoms with Gasteiger partial charge in [0.05, 0.1) is 24.8 Å². The van der Waals surface area contributed by atoms with Gasteiger partial charge in [-0.25, -0.2) is 4.98 Å². The van der Waals surface area contributed by atoms with Gasteiger partial charge < -0.3 is 14.8 Å². The highest BCUT2D eigenvalue weighted by Crippen LogP contribution is 2.19. The SMILES string of the molecule is COC(=O)CCCc1csc(NC(=O)CC(C)(C)OC)n1. The van der Waals surface area contributed by atoms with E-state index in [1.54, 1.807) is 7.11 Å². The van der Waals surface area contributed by atoms with E-state index in [2.05, 4.69) is 15.0 Å². The first kappa shape index (κ1) is 17.6. The molecule has 7 heteroatoms. The molecule has 1 heterocycles. The molecule has 1 aromatic heterocycles. The number of anilines is 1. The fourth-order valence-electron chi connectivity index (χ4n) is 1.62. The second-order valence-corrected chi connectivity index (χ2v) is 6.12. The van der Waals surface area contributed by atoms with E-state index >= 15 is 0 Å². The summed E-state index contributed by atoms with van der Waals surface area (Å²) < 4.78 is 9.79. The molecule has 0 atom stereocenters. The van der Waals surface area contributed by atoms with Crippen LogP contribution in [0.5, 0.6) is 0 Å². The Bertz CT molecular complexity index is 485. The third-order valence-electron chi connectivity index (χ3n) is 2.98. The van der Waals surface area contributed by atoms with Crippen LogP contribution in [0.2, 0.25) is 0 Å². The molecule has 0 saturated heterocycles. The number of nitrogens with zero attached hydrogens (tertiary/aromatic N) is 1. The molecule has 1 aromatic rings. The number of thiazole rings is 1. The van der Waals surface area contributed by atoms with Crippen molar-refractivity contribution in [3.63, 3.8) is 0 Å². The summed E-state index contributed by atoms with van der Waals surface area (Å²) in [5, 5.41) is 5.21. The largest absolute Gasteiger partial charge is 0.469 e. The summed E-state index contributed by atoms with van der Waals surface area (Å²) in [6.07, 6.45) is 2.00. The van der Waals surface area contributed by atoms with E-state index in [0.717, 1.165) is 5.69 Å². The summed E-state index contributed by atoms with van der Waals surface area (Å²) in [6.45, 7) is 3.71. The molecule has 0 aliphatic rings. The highest BCUT2D eigenvalue weighted by Gasteiger charge is 2.21. The maximum atomic E-state index is 11.9. The van der Waals surface area contributed by atoms with Gasteiger partial charge >= 0.3 is 5.97 Å². The number of esters is 1. The maximum absolute atomic E-state index is 11.9. The first-order chi connectivity index (χ1) is 9.86. The lowest BCUT2D eigenvalue weighted by Gasteiger charge is -2.21. The zero-order chi connectivity index (χ0) is 15.9. The molecule has 0 radical (unpaired) electrons. The van der Waals surface area contributed by atoms with Gasteiger partial charge in [-0.2, -0.15) is 0 Å². The highest BCUT2D eigenvalue weighted by molar-refractivity contribution is 7.13. The van der Waals surface area contributed by atoms with Crippen LogP contribution in [0.25, 0.3) is 0 Å². The van der Waals surface area contributed by atoms with Gasteiger partial charge in [0.15, 0.2) is 5.13 Å². The third-order valence-corrected chi connectivity index (χ3v) is 3.78. The van der Waals surface area contributed by atoms with Gasteiger partial charge in [0, 0.05) is 18.9 Å². The monoisotopic (exact) mass is 314 g/mol.